The van der Waals surface area contributed by atoms with Gasteiger partial charge in [0.05, 0.1) is 5.56 Å². The number of aliphatic carboxylic acids is 1. The number of rotatable bonds is 3. The normalized spacial score (nSPS) is 27.1. The summed E-state index contributed by atoms with van der Waals surface area (Å²) in [6.07, 6.45) is -2.86. The second kappa shape index (κ2) is 5.54. The van der Waals surface area contributed by atoms with Crippen molar-refractivity contribution in [2.75, 3.05) is 6.54 Å². The highest BCUT2D eigenvalue weighted by Crippen LogP contribution is 2.49. The topological polar surface area (TPSA) is 57.6 Å². The highest BCUT2D eigenvalue weighted by Gasteiger charge is 2.49. The molecule has 1 aliphatic carbocycles. The molecule has 4 nitrogen and oxygen atoms in total. The van der Waals surface area contributed by atoms with Gasteiger partial charge in [0.1, 0.15) is 6.04 Å². The second-order valence-electron chi connectivity index (χ2n) is 6.10. The fourth-order valence-electron chi connectivity index (χ4n) is 3.28. The number of nitrogens with zero attached hydrogens (tertiary/aromatic N) is 1. The lowest BCUT2D eigenvalue weighted by Crippen LogP contribution is -2.41. The lowest BCUT2D eigenvalue weighted by Gasteiger charge is -2.21. The number of alkyl halides is 3. The summed E-state index contributed by atoms with van der Waals surface area (Å²) < 4.78 is 38.3. The molecule has 2 fully saturated rings. The number of hydrogen-bond acceptors (Lipinski definition) is 2. The number of carbonyl (C=O) groups is 2. The van der Waals surface area contributed by atoms with Crippen LogP contribution in [0.4, 0.5) is 13.2 Å². The van der Waals surface area contributed by atoms with Crippen LogP contribution in [0.15, 0.2) is 24.3 Å². The van der Waals surface area contributed by atoms with Crippen molar-refractivity contribution in [2.45, 2.75) is 37.4 Å². The summed E-state index contributed by atoms with van der Waals surface area (Å²) in [5.41, 5.74) is -0.234. The minimum Gasteiger partial charge on any atom is -0.480 e. The van der Waals surface area contributed by atoms with Gasteiger partial charge < -0.3 is 10.0 Å². The van der Waals surface area contributed by atoms with Crippen LogP contribution in [0.25, 0.3) is 0 Å². The molecule has 1 N–H and O–H groups in total. The molecule has 2 aliphatic rings. The molecule has 3 rings (SSSR count). The predicted molar refractivity (Wildman–Crippen MR) is 74.7 cm³/mol. The Balaban J connectivity index is 1.72. The molecule has 23 heavy (non-hydrogen) atoms. The zero-order valence-electron chi connectivity index (χ0n) is 12.2. The van der Waals surface area contributed by atoms with Crippen molar-refractivity contribution >= 4 is 11.9 Å². The Morgan fingerprint density at radius 1 is 1.26 bits per heavy atom. The maximum atomic E-state index is 12.8. The SMILES string of the molecule is O=C(O)[C@H]1CCCN1C(=O)[C@H]1C[C@@H]1c1cccc(C(F)(F)F)c1. The van der Waals surface area contributed by atoms with Crippen LogP contribution in [0.1, 0.15) is 36.3 Å². The molecule has 3 atom stereocenters. The third-order valence-electron chi connectivity index (χ3n) is 4.57. The van der Waals surface area contributed by atoms with Crippen molar-refractivity contribution in [1.29, 1.82) is 0 Å². The number of likely N-dealkylation sites (tertiary alicyclic amines) is 1. The highest BCUT2D eigenvalue weighted by molar-refractivity contribution is 5.88. The van der Waals surface area contributed by atoms with Crippen LogP contribution in [-0.2, 0) is 15.8 Å². The van der Waals surface area contributed by atoms with E-state index in [1.54, 1.807) is 6.07 Å². The average Bonchev–Trinajstić information content (AvgIpc) is 3.13. The third kappa shape index (κ3) is 3.04. The summed E-state index contributed by atoms with van der Waals surface area (Å²) in [7, 11) is 0. The molecule has 0 spiro atoms. The van der Waals surface area contributed by atoms with E-state index in [2.05, 4.69) is 0 Å². The Morgan fingerprint density at radius 3 is 2.65 bits per heavy atom. The molecule has 1 aromatic rings. The summed E-state index contributed by atoms with van der Waals surface area (Å²) in [5, 5.41) is 9.12. The summed E-state index contributed by atoms with van der Waals surface area (Å²) in [5.74, 6) is -1.93. The number of hydrogen-bond donors (Lipinski definition) is 1. The van der Waals surface area contributed by atoms with E-state index in [0.29, 0.717) is 31.4 Å². The predicted octanol–water partition coefficient (Wildman–Crippen LogP) is 2.88. The molecule has 1 aliphatic heterocycles. The molecule has 0 radical (unpaired) electrons. The summed E-state index contributed by atoms with van der Waals surface area (Å²) in [6, 6.07) is 4.21. The first kappa shape index (κ1) is 15.8. The van der Waals surface area contributed by atoms with E-state index < -0.39 is 29.7 Å². The van der Waals surface area contributed by atoms with Gasteiger partial charge in [-0.05, 0) is 36.8 Å². The van der Waals surface area contributed by atoms with Gasteiger partial charge in [0.25, 0.3) is 0 Å². The maximum Gasteiger partial charge on any atom is 0.416 e. The molecule has 0 aromatic heterocycles. The van der Waals surface area contributed by atoms with Crippen molar-refractivity contribution < 1.29 is 27.9 Å². The van der Waals surface area contributed by atoms with Gasteiger partial charge in [-0.15, -0.1) is 0 Å². The van der Waals surface area contributed by atoms with Crippen molar-refractivity contribution in [3.8, 4) is 0 Å². The average molecular weight is 327 g/mol. The second-order valence-corrected chi connectivity index (χ2v) is 6.10. The molecular formula is C16H16F3NO3. The zero-order valence-corrected chi connectivity index (χ0v) is 12.2. The van der Waals surface area contributed by atoms with Gasteiger partial charge in [0, 0.05) is 12.5 Å². The first-order valence-corrected chi connectivity index (χ1v) is 7.49. The summed E-state index contributed by atoms with van der Waals surface area (Å²) >= 11 is 0. The van der Waals surface area contributed by atoms with Crippen molar-refractivity contribution in [3.05, 3.63) is 35.4 Å². The van der Waals surface area contributed by atoms with E-state index in [4.69, 9.17) is 5.11 Å². The standard InChI is InChI=1S/C16H16F3NO3/c17-16(18,19)10-4-1-3-9(7-10)11-8-12(11)14(21)20-6-2-5-13(20)15(22)23/h1,3-4,7,11-13H,2,5-6,8H2,(H,22,23)/t11-,12+,13-/m1/s1. The largest absolute Gasteiger partial charge is 0.480 e. The number of carboxylic acids is 1. The smallest absolute Gasteiger partial charge is 0.416 e. The van der Waals surface area contributed by atoms with Gasteiger partial charge in [-0.3, -0.25) is 4.79 Å². The number of benzene rings is 1. The molecule has 1 saturated carbocycles. The minimum absolute atomic E-state index is 0.250. The molecule has 0 unspecified atom stereocenters. The van der Waals surface area contributed by atoms with E-state index in [1.165, 1.54) is 11.0 Å². The third-order valence-corrected chi connectivity index (χ3v) is 4.57. The Hall–Kier alpha value is -2.05. The highest BCUT2D eigenvalue weighted by atomic mass is 19.4. The molecule has 1 aromatic carbocycles. The molecular weight excluding hydrogens is 311 g/mol. The first-order chi connectivity index (χ1) is 10.8. The molecule has 1 heterocycles. The Bertz CT molecular complexity index is 644. The fraction of sp³-hybridized carbons (Fsp3) is 0.500. The maximum absolute atomic E-state index is 12.8. The lowest BCUT2D eigenvalue weighted by molar-refractivity contribution is -0.148. The monoisotopic (exact) mass is 327 g/mol. The van der Waals surface area contributed by atoms with Crippen LogP contribution in [0.2, 0.25) is 0 Å². The van der Waals surface area contributed by atoms with E-state index >= 15 is 0 Å². The van der Waals surface area contributed by atoms with Crippen LogP contribution >= 0.6 is 0 Å². The Labute approximate surface area is 130 Å². The zero-order chi connectivity index (χ0) is 16.8. The molecule has 0 bridgehead atoms. The Morgan fingerprint density at radius 2 is 2.00 bits per heavy atom. The van der Waals surface area contributed by atoms with Crippen molar-refractivity contribution in [3.63, 3.8) is 0 Å². The van der Waals surface area contributed by atoms with Gasteiger partial charge in [-0.25, -0.2) is 4.79 Å². The summed E-state index contributed by atoms with van der Waals surface area (Å²) in [6.45, 7) is 0.404. The molecule has 1 amide bonds. The number of amides is 1. The first-order valence-electron chi connectivity index (χ1n) is 7.49. The van der Waals surface area contributed by atoms with Crippen molar-refractivity contribution in [1.82, 2.24) is 4.90 Å². The number of carbonyl (C=O) groups excluding carboxylic acids is 1. The van der Waals surface area contributed by atoms with Crippen molar-refractivity contribution in [2.24, 2.45) is 5.92 Å². The van der Waals surface area contributed by atoms with E-state index in [1.807, 2.05) is 0 Å². The van der Waals surface area contributed by atoms with Crippen LogP contribution < -0.4 is 0 Å². The van der Waals surface area contributed by atoms with Crippen LogP contribution in [-0.4, -0.2) is 34.5 Å². The van der Waals surface area contributed by atoms with Crippen LogP contribution in [0.5, 0.6) is 0 Å². The fourth-order valence-corrected chi connectivity index (χ4v) is 3.28. The molecule has 7 heteroatoms. The van der Waals surface area contributed by atoms with E-state index in [0.717, 1.165) is 12.1 Å². The van der Waals surface area contributed by atoms with Gasteiger partial charge >= 0.3 is 12.1 Å². The van der Waals surface area contributed by atoms with E-state index in [-0.39, 0.29) is 11.8 Å². The van der Waals surface area contributed by atoms with E-state index in [9.17, 15) is 22.8 Å². The van der Waals surface area contributed by atoms with Gasteiger partial charge in [-0.2, -0.15) is 13.2 Å². The van der Waals surface area contributed by atoms with Gasteiger partial charge in [0.2, 0.25) is 5.91 Å². The molecule has 1 saturated heterocycles. The quantitative estimate of drug-likeness (QED) is 0.929. The van der Waals surface area contributed by atoms with Crippen LogP contribution in [0, 0.1) is 5.92 Å². The number of carboxylic acid groups (broad SMARTS) is 1. The number of halogens is 3. The van der Waals surface area contributed by atoms with Gasteiger partial charge in [-0.1, -0.05) is 18.2 Å². The van der Waals surface area contributed by atoms with Crippen LogP contribution in [0.3, 0.4) is 0 Å². The lowest BCUT2D eigenvalue weighted by atomic mass is 10.0. The molecule has 124 valence electrons. The summed E-state index contributed by atoms with van der Waals surface area (Å²) in [4.78, 5) is 24.9. The minimum atomic E-state index is -4.41. The van der Waals surface area contributed by atoms with Gasteiger partial charge in [0.15, 0.2) is 0 Å². The Kier molecular flexibility index (Phi) is 3.82.